The predicted molar refractivity (Wildman–Crippen MR) is 61.9 cm³/mol. The van der Waals surface area contributed by atoms with Gasteiger partial charge in [-0.3, -0.25) is 0 Å². The van der Waals surface area contributed by atoms with Gasteiger partial charge in [-0.2, -0.15) is 0 Å². The van der Waals surface area contributed by atoms with E-state index in [0.717, 1.165) is 7.11 Å². The van der Waals surface area contributed by atoms with Crippen LogP contribution in [0.5, 0.6) is 0 Å². The summed E-state index contributed by atoms with van der Waals surface area (Å²) in [4.78, 5) is 0. The van der Waals surface area contributed by atoms with Gasteiger partial charge >= 0.3 is 0 Å². The second-order valence-corrected chi connectivity index (χ2v) is 2.05. The first kappa shape index (κ1) is 15.0. The zero-order chi connectivity index (χ0) is 11.2. The van der Waals surface area contributed by atoms with E-state index in [-0.39, 0.29) is 0 Å². The molecule has 0 aliphatic carbocycles. The lowest BCUT2D eigenvalue weighted by atomic mass is 10.4. The zero-order valence-corrected chi connectivity index (χ0v) is 8.65. The molecule has 0 saturated carbocycles. The molecule has 0 atom stereocenters. The molecule has 0 rings (SSSR count). The summed E-state index contributed by atoms with van der Waals surface area (Å²) in [5.41, 5.74) is 0. The molecule has 14 heavy (non-hydrogen) atoms. The fraction of sp³-hybridized carbons (Fsp3) is 0.167. The minimum absolute atomic E-state index is 0.494. The first-order chi connectivity index (χ1) is 6.81. The summed E-state index contributed by atoms with van der Waals surface area (Å²) in [7, 11) is 1.00. The summed E-state index contributed by atoms with van der Waals surface area (Å²) in [5, 5.41) is 7.00. The van der Waals surface area contributed by atoms with E-state index in [0.29, 0.717) is 12.4 Å². The first-order valence-electron chi connectivity index (χ1n) is 4.14. The highest BCUT2D eigenvalue weighted by Gasteiger charge is 1.82. The fourth-order valence-corrected chi connectivity index (χ4v) is 0.520. The third-order valence-electron chi connectivity index (χ3n) is 1.03. The molecule has 2 heteroatoms. The molecular weight excluding hydrogens is 176 g/mol. The average molecular weight is 194 g/mol. The van der Waals surface area contributed by atoms with Crippen LogP contribution in [-0.2, 0) is 4.74 Å². The van der Waals surface area contributed by atoms with Crippen LogP contribution in [0.1, 0.15) is 0 Å². The highest BCUT2D eigenvalue weighted by Crippen LogP contribution is 1.95. The summed E-state index contributed by atoms with van der Waals surface area (Å²) in [6.07, 6.45) is 10.7. The van der Waals surface area contributed by atoms with Crippen molar-refractivity contribution in [3.05, 3.63) is 62.0 Å². The summed E-state index contributed by atoms with van der Waals surface area (Å²) < 4.78 is 5.11. The molecule has 2 nitrogen and oxygen atoms in total. The van der Waals surface area contributed by atoms with Crippen molar-refractivity contribution in [2.24, 2.45) is 0 Å². The lowest BCUT2D eigenvalue weighted by Crippen LogP contribution is -1.85. The highest BCUT2D eigenvalue weighted by atomic mass is 16.5. The number of aliphatic hydroxyl groups excluding tert-OH is 1. The van der Waals surface area contributed by atoms with Gasteiger partial charge < -0.3 is 9.84 Å². The van der Waals surface area contributed by atoms with Crippen LogP contribution in [-0.4, -0.2) is 18.8 Å². The maximum Gasteiger partial charge on any atom is 0.112 e. The second-order valence-electron chi connectivity index (χ2n) is 2.05. The second kappa shape index (κ2) is 14.0. The topological polar surface area (TPSA) is 29.5 Å². The smallest absolute Gasteiger partial charge is 0.112 e. The largest absolute Gasteiger partial charge is 0.490 e. The molecule has 1 N–H and O–H groups in total. The molecular formula is C12H18O2. The Labute approximate surface area is 86.2 Å². The van der Waals surface area contributed by atoms with E-state index in [9.17, 15) is 0 Å². The first-order valence-corrected chi connectivity index (χ1v) is 4.14. The van der Waals surface area contributed by atoms with Crippen molar-refractivity contribution in [3.63, 3.8) is 0 Å². The van der Waals surface area contributed by atoms with E-state index >= 15 is 0 Å². The van der Waals surface area contributed by atoms with Crippen LogP contribution >= 0.6 is 0 Å². The van der Waals surface area contributed by atoms with Crippen molar-refractivity contribution < 1.29 is 9.84 Å². The van der Waals surface area contributed by atoms with Crippen LogP contribution < -0.4 is 0 Å². The molecule has 0 saturated heterocycles. The lowest BCUT2D eigenvalue weighted by Gasteiger charge is -1.99. The number of hydrogen-bond donors (Lipinski definition) is 1. The summed E-state index contributed by atoms with van der Waals surface area (Å²) in [6.45, 7) is 11.2. The number of allylic oxidation sites excluding steroid dienone is 5. The number of rotatable bonds is 6. The molecule has 0 heterocycles. The monoisotopic (exact) mass is 194 g/mol. The van der Waals surface area contributed by atoms with Crippen molar-refractivity contribution in [2.45, 2.75) is 0 Å². The number of hydrogen-bond acceptors (Lipinski definition) is 2. The van der Waals surface area contributed by atoms with Gasteiger partial charge in [0, 0.05) is 7.11 Å². The van der Waals surface area contributed by atoms with Crippen molar-refractivity contribution in [2.75, 3.05) is 13.7 Å². The number of ether oxygens (including phenoxy) is 1. The molecule has 78 valence electrons. The van der Waals surface area contributed by atoms with Gasteiger partial charge in [-0.05, 0) is 6.08 Å². The molecule has 0 bridgehead atoms. The van der Waals surface area contributed by atoms with Crippen LogP contribution in [0, 0.1) is 0 Å². The molecule has 0 amide bonds. The van der Waals surface area contributed by atoms with Gasteiger partial charge in [0.25, 0.3) is 0 Å². The molecule has 0 aliphatic rings. The molecule has 0 aromatic heterocycles. The van der Waals surface area contributed by atoms with E-state index in [2.05, 4.69) is 19.7 Å². The summed E-state index contributed by atoms with van der Waals surface area (Å²) in [6, 6.07) is 0. The van der Waals surface area contributed by atoms with E-state index in [1.54, 1.807) is 18.2 Å². The molecule has 0 spiro atoms. The third kappa shape index (κ3) is 13.1. The van der Waals surface area contributed by atoms with Gasteiger partial charge in [0.05, 0.1) is 0 Å². The van der Waals surface area contributed by atoms with Gasteiger partial charge in [0.2, 0.25) is 0 Å². The molecule has 0 aliphatic heterocycles. The molecule has 0 radical (unpaired) electrons. The maximum absolute atomic E-state index is 7.00. The Morgan fingerprint density at radius 1 is 1.21 bits per heavy atom. The Hall–Kier alpha value is -1.54. The quantitative estimate of drug-likeness (QED) is 0.400. The molecule has 0 aromatic rings. The lowest BCUT2D eigenvalue weighted by molar-refractivity contribution is 0.263. The van der Waals surface area contributed by atoms with Crippen molar-refractivity contribution in [1.29, 1.82) is 0 Å². The SMILES string of the molecule is C=C/C=C\C=C/C(=C)OCC=C.CO. The fourth-order valence-electron chi connectivity index (χ4n) is 0.520. The normalized spacial score (nSPS) is 9.29. The summed E-state index contributed by atoms with van der Waals surface area (Å²) >= 11 is 0. The van der Waals surface area contributed by atoms with E-state index in [1.807, 2.05) is 18.2 Å². The predicted octanol–water partition coefficient (Wildman–Crippen LogP) is 2.61. The Balaban J connectivity index is 0. The zero-order valence-electron chi connectivity index (χ0n) is 8.65. The maximum atomic E-state index is 7.00. The Morgan fingerprint density at radius 2 is 1.86 bits per heavy atom. The van der Waals surface area contributed by atoms with Crippen LogP contribution in [0.2, 0.25) is 0 Å². The van der Waals surface area contributed by atoms with Crippen LogP contribution in [0.3, 0.4) is 0 Å². The van der Waals surface area contributed by atoms with Crippen LogP contribution in [0.4, 0.5) is 0 Å². The summed E-state index contributed by atoms with van der Waals surface area (Å²) in [5.74, 6) is 0.628. The minimum atomic E-state index is 0.494. The standard InChI is InChI=1S/C11H14O.CH4O/c1-4-6-7-8-9-11(3)12-10-5-2;1-2/h4-9H,1-3,10H2;2H,1H3/b7-6-,9-8-;. The Bertz CT molecular complexity index is 212. The molecule has 0 fully saturated rings. The van der Waals surface area contributed by atoms with E-state index in [4.69, 9.17) is 9.84 Å². The molecule has 0 unspecified atom stereocenters. The number of aliphatic hydroxyl groups is 1. The van der Waals surface area contributed by atoms with Gasteiger partial charge in [-0.25, -0.2) is 0 Å². The van der Waals surface area contributed by atoms with Crippen LogP contribution in [0.15, 0.2) is 62.0 Å². The Morgan fingerprint density at radius 3 is 2.36 bits per heavy atom. The highest BCUT2D eigenvalue weighted by molar-refractivity contribution is 5.16. The van der Waals surface area contributed by atoms with Crippen LogP contribution in [0.25, 0.3) is 0 Å². The average Bonchev–Trinajstić information content (AvgIpc) is 2.24. The van der Waals surface area contributed by atoms with Crippen molar-refractivity contribution in [3.8, 4) is 0 Å². The minimum Gasteiger partial charge on any atom is -0.490 e. The molecule has 0 aromatic carbocycles. The van der Waals surface area contributed by atoms with Crippen molar-refractivity contribution in [1.82, 2.24) is 0 Å². The van der Waals surface area contributed by atoms with E-state index < -0.39 is 0 Å². The Kier molecular flexibility index (Phi) is 15.0. The third-order valence-corrected chi connectivity index (χ3v) is 1.03. The van der Waals surface area contributed by atoms with Gasteiger partial charge in [0.1, 0.15) is 12.4 Å². The van der Waals surface area contributed by atoms with Gasteiger partial charge in [-0.1, -0.05) is 50.1 Å². The van der Waals surface area contributed by atoms with Gasteiger partial charge in [0.15, 0.2) is 0 Å². The van der Waals surface area contributed by atoms with Gasteiger partial charge in [-0.15, -0.1) is 0 Å². The van der Waals surface area contributed by atoms with E-state index in [1.165, 1.54) is 0 Å². The van der Waals surface area contributed by atoms with Crippen molar-refractivity contribution >= 4 is 0 Å².